The monoisotopic (exact) mass is 275 g/mol. The molecule has 0 unspecified atom stereocenters. The third-order valence-electron chi connectivity index (χ3n) is 3.77. The van der Waals surface area contributed by atoms with Crippen LogP contribution in [0.4, 0.5) is 10.1 Å². The highest BCUT2D eigenvalue weighted by Gasteiger charge is 2.23. The summed E-state index contributed by atoms with van der Waals surface area (Å²) in [6.07, 6.45) is 3.29. The molecule has 3 heterocycles. The first-order chi connectivity index (χ1) is 9.56. The van der Waals surface area contributed by atoms with Gasteiger partial charge in [-0.3, -0.25) is 9.20 Å². The molecule has 2 aromatic heterocycles. The molecular formula is C15H18FN3O. The van der Waals surface area contributed by atoms with Crippen molar-refractivity contribution in [2.24, 2.45) is 5.92 Å². The quantitative estimate of drug-likeness (QED) is 0.808. The third kappa shape index (κ3) is 2.17. The van der Waals surface area contributed by atoms with Crippen LogP contribution in [0.3, 0.4) is 0 Å². The summed E-state index contributed by atoms with van der Waals surface area (Å²) in [4.78, 5) is 18.4. The van der Waals surface area contributed by atoms with Crippen molar-refractivity contribution in [2.75, 3.05) is 18.0 Å². The zero-order chi connectivity index (χ0) is 14.3. The van der Waals surface area contributed by atoms with E-state index in [1.54, 1.807) is 10.6 Å². The van der Waals surface area contributed by atoms with Crippen LogP contribution in [0.5, 0.6) is 0 Å². The highest BCUT2D eigenvalue weighted by Crippen LogP contribution is 2.23. The summed E-state index contributed by atoms with van der Waals surface area (Å²) in [6, 6.07) is 3.83. The van der Waals surface area contributed by atoms with E-state index in [2.05, 4.69) is 4.98 Å². The van der Waals surface area contributed by atoms with E-state index in [0.717, 1.165) is 17.9 Å². The van der Waals surface area contributed by atoms with Crippen LogP contribution in [-0.2, 0) is 0 Å². The van der Waals surface area contributed by atoms with E-state index in [-0.39, 0.29) is 11.7 Å². The second kappa shape index (κ2) is 4.89. The lowest BCUT2D eigenvalue weighted by atomic mass is 10.1. The first-order valence-corrected chi connectivity index (χ1v) is 6.96. The number of aromatic nitrogens is 2. The van der Waals surface area contributed by atoms with Gasteiger partial charge in [0.2, 0.25) is 0 Å². The molecule has 3 rings (SSSR count). The molecule has 1 atom stereocenters. The standard InChI is InChI=1S/C15H18FN3O/c1-10(2)15(20)13-8-17-14-7-12(4-6-19(13)14)18-5-3-11(16)9-18/h4,6-8,10-11H,3,5,9H2,1-2H3/t11-/m1/s1. The lowest BCUT2D eigenvalue weighted by Crippen LogP contribution is -2.20. The van der Waals surface area contributed by atoms with E-state index >= 15 is 0 Å². The summed E-state index contributed by atoms with van der Waals surface area (Å²) in [7, 11) is 0. The molecule has 2 aromatic rings. The van der Waals surface area contributed by atoms with Crippen LogP contribution in [0, 0.1) is 5.92 Å². The number of halogens is 1. The van der Waals surface area contributed by atoms with Crippen molar-refractivity contribution >= 4 is 17.1 Å². The van der Waals surface area contributed by atoms with Crippen molar-refractivity contribution in [2.45, 2.75) is 26.4 Å². The highest BCUT2D eigenvalue weighted by molar-refractivity contribution is 5.96. The van der Waals surface area contributed by atoms with Gasteiger partial charge in [0.05, 0.1) is 6.20 Å². The average molecular weight is 275 g/mol. The third-order valence-corrected chi connectivity index (χ3v) is 3.77. The molecule has 1 fully saturated rings. The van der Waals surface area contributed by atoms with Gasteiger partial charge in [0.1, 0.15) is 17.5 Å². The van der Waals surface area contributed by atoms with E-state index < -0.39 is 6.17 Å². The smallest absolute Gasteiger partial charge is 0.183 e. The van der Waals surface area contributed by atoms with Crippen molar-refractivity contribution < 1.29 is 9.18 Å². The van der Waals surface area contributed by atoms with Gasteiger partial charge < -0.3 is 4.90 Å². The summed E-state index contributed by atoms with van der Waals surface area (Å²) >= 11 is 0. The summed E-state index contributed by atoms with van der Waals surface area (Å²) in [5.74, 6) is 0.0238. The number of fused-ring (bicyclic) bond motifs is 1. The van der Waals surface area contributed by atoms with Crippen molar-refractivity contribution in [1.29, 1.82) is 0 Å². The number of Topliss-reactive ketones (excluding diaryl/α,β-unsaturated/α-hetero) is 1. The minimum Gasteiger partial charge on any atom is -0.368 e. The second-order valence-electron chi connectivity index (χ2n) is 5.61. The molecule has 0 radical (unpaired) electrons. The van der Waals surface area contributed by atoms with Crippen LogP contribution in [0.15, 0.2) is 24.5 Å². The molecule has 0 saturated carbocycles. The molecule has 0 aromatic carbocycles. The summed E-state index contributed by atoms with van der Waals surface area (Å²) in [5, 5.41) is 0. The Bertz CT molecular complexity index is 650. The molecule has 5 heteroatoms. The number of hydrogen-bond acceptors (Lipinski definition) is 3. The molecule has 0 amide bonds. The number of hydrogen-bond donors (Lipinski definition) is 0. The number of imidazole rings is 1. The predicted octanol–water partition coefficient (Wildman–Crippen LogP) is 2.72. The number of rotatable bonds is 3. The van der Waals surface area contributed by atoms with Gasteiger partial charge in [0.25, 0.3) is 0 Å². The Morgan fingerprint density at radius 3 is 2.95 bits per heavy atom. The molecule has 1 aliphatic heterocycles. The minimum absolute atomic E-state index is 0.0551. The maximum atomic E-state index is 13.3. The summed E-state index contributed by atoms with van der Waals surface area (Å²) < 4.78 is 15.1. The fraction of sp³-hybridized carbons (Fsp3) is 0.467. The fourth-order valence-corrected chi connectivity index (χ4v) is 2.60. The number of carbonyl (C=O) groups is 1. The van der Waals surface area contributed by atoms with Crippen LogP contribution in [0.1, 0.15) is 30.8 Å². The first-order valence-electron chi connectivity index (χ1n) is 6.96. The Morgan fingerprint density at radius 2 is 2.30 bits per heavy atom. The van der Waals surface area contributed by atoms with Gasteiger partial charge in [0.15, 0.2) is 5.78 Å². The topological polar surface area (TPSA) is 37.6 Å². The molecule has 0 N–H and O–H groups in total. The van der Waals surface area contributed by atoms with Crippen LogP contribution in [0.2, 0.25) is 0 Å². The van der Waals surface area contributed by atoms with Gasteiger partial charge in [-0.05, 0) is 12.5 Å². The Hall–Kier alpha value is -1.91. The molecule has 0 aliphatic carbocycles. The maximum Gasteiger partial charge on any atom is 0.183 e. The number of ketones is 1. The summed E-state index contributed by atoms with van der Waals surface area (Å²) in [6.45, 7) is 4.92. The Kier molecular flexibility index (Phi) is 3.20. The number of anilines is 1. The number of carbonyl (C=O) groups excluding carboxylic acids is 1. The van der Waals surface area contributed by atoms with Crippen LogP contribution in [-0.4, -0.2) is 34.4 Å². The number of alkyl halides is 1. The van der Waals surface area contributed by atoms with Crippen LogP contribution in [0.25, 0.3) is 5.65 Å². The molecule has 1 aliphatic rings. The zero-order valence-electron chi connectivity index (χ0n) is 11.7. The van der Waals surface area contributed by atoms with E-state index in [9.17, 15) is 9.18 Å². The number of nitrogens with zero attached hydrogens (tertiary/aromatic N) is 3. The lowest BCUT2D eigenvalue weighted by molar-refractivity contribution is 0.0933. The van der Waals surface area contributed by atoms with Crippen molar-refractivity contribution in [3.8, 4) is 0 Å². The second-order valence-corrected chi connectivity index (χ2v) is 5.61. The normalized spacial score (nSPS) is 19.2. The molecule has 0 bridgehead atoms. The Balaban J connectivity index is 1.95. The number of pyridine rings is 1. The molecular weight excluding hydrogens is 257 g/mol. The zero-order valence-corrected chi connectivity index (χ0v) is 11.7. The van der Waals surface area contributed by atoms with E-state index in [4.69, 9.17) is 0 Å². The Labute approximate surface area is 117 Å². The van der Waals surface area contributed by atoms with E-state index in [1.165, 1.54) is 0 Å². The molecule has 1 saturated heterocycles. The van der Waals surface area contributed by atoms with Crippen LogP contribution < -0.4 is 4.90 Å². The van der Waals surface area contributed by atoms with Gasteiger partial charge in [-0.2, -0.15) is 0 Å². The SMILES string of the molecule is CC(C)C(=O)c1cnc2cc(N3CC[C@@H](F)C3)ccn12. The lowest BCUT2D eigenvalue weighted by Gasteiger charge is -2.17. The first kappa shape index (κ1) is 13.1. The van der Waals surface area contributed by atoms with Gasteiger partial charge in [-0.15, -0.1) is 0 Å². The minimum atomic E-state index is -0.746. The average Bonchev–Trinajstić information content (AvgIpc) is 3.03. The fourth-order valence-electron chi connectivity index (χ4n) is 2.60. The van der Waals surface area contributed by atoms with Gasteiger partial charge in [-0.1, -0.05) is 13.8 Å². The molecule has 20 heavy (non-hydrogen) atoms. The van der Waals surface area contributed by atoms with Crippen molar-refractivity contribution in [3.63, 3.8) is 0 Å². The van der Waals surface area contributed by atoms with E-state index in [1.807, 2.05) is 37.1 Å². The van der Waals surface area contributed by atoms with E-state index in [0.29, 0.717) is 18.7 Å². The van der Waals surface area contributed by atoms with Gasteiger partial charge >= 0.3 is 0 Å². The highest BCUT2D eigenvalue weighted by atomic mass is 19.1. The Morgan fingerprint density at radius 1 is 1.50 bits per heavy atom. The van der Waals surface area contributed by atoms with Gasteiger partial charge in [-0.25, -0.2) is 9.37 Å². The van der Waals surface area contributed by atoms with Crippen molar-refractivity contribution in [3.05, 3.63) is 30.2 Å². The van der Waals surface area contributed by atoms with Crippen LogP contribution >= 0.6 is 0 Å². The van der Waals surface area contributed by atoms with Crippen molar-refractivity contribution in [1.82, 2.24) is 9.38 Å². The molecule has 4 nitrogen and oxygen atoms in total. The molecule has 0 spiro atoms. The predicted molar refractivity (Wildman–Crippen MR) is 76.1 cm³/mol. The maximum absolute atomic E-state index is 13.3. The summed E-state index contributed by atoms with van der Waals surface area (Å²) in [5.41, 5.74) is 2.30. The van der Waals surface area contributed by atoms with Gasteiger partial charge in [0, 0.05) is 37.0 Å². The largest absolute Gasteiger partial charge is 0.368 e. The molecule has 106 valence electrons.